The number of nitrogens with zero attached hydrogens (tertiary/aromatic N) is 2. The molecule has 1 atom stereocenters. The molecule has 0 bridgehead atoms. The molecule has 17 heavy (non-hydrogen) atoms. The van der Waals surface area contributed by atoms with E-state index in [1.807, 2.05) is 25.9 Å². The second kappa shape index (κ2) is 5.30. The molecule has 0 aliphatic carbocycles. The van der Waals surface area contributed by atoms with Crippen LogP contribution in [0.4, 0.5) is 5.13 Å². The number of rotatable bonds is 5. The van der Waals surface area contributed by atoms with E-state index in [1.165, 1.54) is 0 Å². The number of thiazole rings is 1. The standard InChI is InChI=1S/C9H18N4O2S2/c1-6(13(3)4)5-11-17(14,15)8-7(2)12-9(10)16-8/h6,11H,5H2,1-4H3,(H2,10,12). The summed E-state index contributed by atoms with van der Waals surface area (Å²) >= 11 is 0.984. The van der Waals surface area contributed by atoms with Gasteiger partial charge in [0.2, 0.25) is 0 Å². The Balaban J connectivity index is 2.80. The van der Waals surface area contributed by atoms with Crippen molar-refractivity contribution in [3.05, 3.63) is 5.69 Å². The van der Waals surface area contributed by atoms with E-state index in [-0.39, 0.29) is 15.4 Å². The fraction of sp³-hybridized carbons (Fsp3) is 0.667. The molecular formula is C9H18N4O2S2. The summed E-state index contributed by atoms with van der Waals surface area (Å²) in [6, 6.07) is 0.121. The van der Waals surface area contributed by atoms with E-state index in [9.17, 15) is 8.42 Å². The fourth-order valence-corrected chi connectivity index (χ4v) is 3.59. The molecule has 1 unspecified atom stereocenters. The Morgan fingerprint density at radius 2 is 2.12 bits per heavy atom. The zero-order chi connectivity index (χ0) is 13.2. The molecule has 0 saturated carbocycles. The Bertz CT molecular complexity index is 481. The minimum absolute atomic E-state index is 0.121. The lowest BCUT2D eigenvalue weighted by Crippen LogP contribution is -2.38. The van der Waals surface area contributed by atoms with Crippen molar-refractivity contribution in [1.29, 1.82) is 0 Å². The molecule has 0 spiro atoms. The molecule has 1 aromatic rings. The predicted molar refractivity (Wildman–Crippen MR) is 69.6 cm³/mol. The second-order valence-corrected chi connectivity index (χ2v) is 7.08. The summed E-state index contributed by atoms with van der Waals surface area (Å²) in [5.74, 6) is 0. The molecule has 8 heteroatoms. The number of aromatic nitrogens is 1. The Kier molecular flexibility index (Phi) is 4.48. The lowest BCUT2D eigenvalue weighted by molar-refractivity contribution is 0.314. The summed E-state index contributed by atoms with van der Waals surface area (Å²) in [6.45, 7) is 3.93. The molecule has 0 aromatic carbocycles. The highest BCUT2D eigenvalue weighted by atomic mass is 32.2. The van der Waals surface area contributed by atoms with Crippen LogP contribution in [0.3, 0.4) is 0 Å². The minimum atomic E-state index is -3.50. The van der Waals surface area contributed by atoms with Gasteiger partial charge in [-0.3, -0.25) is 0 Å². The van der Waals surface area contributed by atoms with E-state index in [2.05, 4.69) is 9.71 Å². The Morgan fingerprint density at radius 3 is 2.53 bits per heavy atom. The molecule has 6 nitrogen and oxygen atoms in total. The molecule has 0 fully saturated rings. The summed E-state index contributed by atoms with van der Waals surface area (Å²) in [7, 11) is 0.296. The topological polar surface area (TPSA) is 88.3 Å². The van der Waals surface area contributed by atoms with Crippen LogP contribution in [0.5, 0.6) is 0 Å². The van der Waals surface area contributed by atoms with Gasteiger partial charge in [0, 0.05) is 12.6 Å². The summed E-state index contributed by atoms with van der Waals surface area (Å²) in [4.78, 5) is 5.85. The van der Waals surface area contributed by atoms with Crippen molar-refractivity contribution >= 4 is 26.5 Å². The normalized spacial score (nSPS) is 14.2. The third-order valence-corrected chi connectivity index (χ3v) is 5.48. The summed E-state index contributed by atoms with van der Waals surface area (Å²) in [5, 5.41) is 0.267. The fourth-order valence-electron chi connectivity index (χ4n) is 1.13. The van der Waals surface area contributed by atoms with Crippen LogP contribution >= 0.6 is 11.3 Å². The Labute approximate surface area is 106 Å². The summed E-state index contributed by atoms with van der Waals surface area (Å²) in [6.07, 6.45) is 0. The van der Waals surface area contributed by atoms with E-state index < -0.39 is 10.0 Å². The monoisotopic (exact) mass is 278 g/mol. The van der Waals surface area contributed by atoms with Gasteiger partial charge in [0.05, 0.1) is 5.69 Å². The molecule has 0 radical (unpaired) electrons. The van der Waals surface area contributed by atoms with Gasteiger partial charge in [-0.2, -0.15) is 0 Å². The third-order valence-electron chi connectivity index (χ3n) is 2.46. The van der Waals surface area contributed by atoms with E-state index in [0.29, 0.717) is 12.2 Å². The first-order chi connectivity index (χ1) is 7.74. The first kappa shape index (κ1) is 14.4. The van der Waals surface area contributed by atoms with Crippen LogP contribution in [0.2, 0.25) is 0 Å². The van der Waals surface area contributed by atoms with Crippen molar-refractivity contribution in [2.45, 2.75) is 24.1 Å². The zero-order valence-corrected chi connectivity index (χ0v) is 12.0. The highest BCUT2D eigenvalue weighted by molar-refractivity contribution is 7.91. The van der Waals surface area contributed by atoms with Crippen LogP contribution < -0.4 is 10.5 Å². The van der Waals surface area contributed by atoms with Crippen LogP contribution in [-0.2, 0) is 10.0 Å². The van der Waals surface area contributed by atoms with Crippen molar-refractivity contribution in [3.63, 3.8) is 0 Å². The average Bonchev–Trinajstić information content (AvgIpc) is 2.55. The van der Waals surface area contributed by atoms with Crippen LogP contribution in [-0.4, -0.2) is 45.0 Å². The van der Waals surface area contributed by atoms with Crippen LogP contribution in [0, 0.1) is 6.92 Å². The van der Waals surface area contributed by atoms with Crippen molar-refractivity contribution < 1.29 is 8.42 Å². The SMILES string of the molecule is Cc1nc(N)sc1S(=O)(=O)NCC(C)N(C)C. The van der Waals surface area contributed by atoms with Gasteiger partial charge in [0.1, 0.15) is 0 Å². The van der Waals surface area contributed by atoms with Gasteiger partial charge in [-0.1, -0.05) is 11.3 Å². The van der Waals surface area contributed by atoms with Gasteiger partial charge >= 0.3 is 0 Å². The molecule has 1 aromatic heterocycles. The number of likely N-dealkylation sites (N-methyl/N-ethyl adjacent to an activating group) is 1. The highest BCUT2D eigenvalue weighted by Crippen LogP contribution is 2.24. The van der Waals surface area contributed by atoms with E-state index in [1.54, 1.807) is 6.92 Å². The number of nitrogen functional groups attached to an aromatic ring is 1. The van der Waals surface area contributed by atoms with Crippen LogP contribution in [0.1, 0.15) is 12.6 Å². The van der Waals surface area contributed by atoms with Crippen molar-refractivity contribution in [3.8, 4) is 0 Å². The van der Waals surface area contributed by atoms with E-state index >= 15 is 0 Å². The molecule has 0 aliphatic heterocycles. The maximum Gasteiger partial charge on any atom is 0.252 e. The lowest BCUT2D eigenvalue weighted by atomic mass is 10.3. The van der Waals surface area contributed by atoms with Gasteiger partial charge in [-0.25, -0.2) is 18.1 Å². The van der Waals surface area contributed by atoms with Crippen molar-refractivity contribution in [2.75, 3.05) is 26.4 Å². The molecule has 1 rings (SSSR count). The van der Waals surface area contributed by atoms with Gasteiger partial charge < -0.3 is 10.6 Å². The van der Waals surface area contributed by atoms with E-state index in [4.69, 9.17) is 5.73 Å². The number of anilines is 1. The second-order valence-electron chi connectivity index (χ2n) is 4.09. The number of nitrogens with two attached hydrogens (primary N) is 1. The molecule has 1 heterocycles. The molecule has 98 valence electrons. The highest BCUT2D eigenvalue weighted by Gasteiger charge is 2.21. The molecule has 0 saturated heterocycles. The maximum atomic E-state index is 12.0. The molecule has 0 amide bonds. The van der Waals surface area contributed by atoms with E-state index in [0.717, 1.165) is 11.3 Å². The average molecular weight is 278 g/mol. The summed E-state index contributed by atoms with van der Waals surface area (Å²) < 4.78 is 26.7. The molecule has 3 N–H and O–H groups in total. The third kappa shape index (κ3) is 3.63. The largest absolute Gasteiger partial charge is 0.375 e. The first-order valence-corrected chi connectivity index (χ1v) is 7.43. The number of nitrogens with one attached hydrogen (secondary N) is 1. The zero-order valence-electron chi connectivity index (χ0n) is 10.4. The Hall–Kier alpha value is -0.700. The first-order valence-electron chi connectivity index (χ1n) is 5.13. The van der Waals surface area contributed by atoms with Gasteiger partial charge in [-0.15, -0.1) is 0 Å². The predicted octanol–water partition coefficient (Wildman–Crippen LogP) is 0.262. The molecule has 0 aliphatic rings. The molecular weight excluding hydrogens is 260 g/mol. The van der Waals surface area contributed by atoms with Gasteiger partial charge in [0.25, 0.3) is 10.0 Å². The number of sulfonamides is 1. The smallest absolute Gasteiger partial charge is 0.252 e. The van der Waals surface area contributed by atoms with Crippen LogP contribution in [0.25, 0.3) is 0 Å². The van der Waals surface area contributed by atoms with Crippen LogP contribution in [0.15, 0.2) is 4.21 Å². The quantitative estimate of drug-likeness (QED) is 0.806. The lowest BCUT2D eigenvalue weighted by Gasteiger charge is -2.19. The minimum Gasteiger partial charge on any atom is -0.375 e. The van der Waals surface area contributed by atoms with Gasteiger partial charge in [-0.05, 0) is 27.9 Å². The van der Waals surface area contributed by atoms with Gasteiger partial charge in [0.15, 0.2) is 9.34 Å². The number of hydrogen-bond acceptors (Lipinski definition) is 6. The number of aryl methyl sites for hydroxylation is 1. The Morgan fingerprint density at radius 1 is 1.53 bits per heavy atom. The van der Waals surface area contributed by atoms with Crippen molar-refractivity contribution in [2.24, 2.45) is 0 Å². The number of hydrogen-bond donors (Lipinski definition) is 2. The maximum absolute atomic E-state index is 12.0. The summed E-state index contributed by atoms with van der Waals surface area (Å²) in [5.41, 5.74) is 5.93. The van der Waals surface area contributed by atoms with Crippen molar-refractivity contribution in [1.82, 2.24) is 14.6 Å².